The molecule has 0 saturated carbocycles. The smallest absolute Gasteiger partial charge is 0.240 e. The lowest BCUT2D eigenvalue weighted by molar-refractivity contribution is -0.120. The minimum Gasteiger partial charge on any atom is -0.355 e. The number of fused-ring (bicyclic) bond motifs is 1. The molecule has 0 aliphatic carbocycles. The molecule has 0 radical (unpaired) electrons. The molecule has 2 rings (SSSR count). The van der Waals surface area contributed by atoms with Gasteiger partial charge in [0.1, 0.15) is 0 Å². The Morgan fingerprint density at radius 2 is 1.72 bits per heavy atom. The molecular formula is C18H25N3O3S. The number of hydrogen-bond donors (Lipinski definition) is 3. The number of amides is 1. The molecule has 25 heavy (non-hydrogen) atoms. The number of nitrogens with one attached hydrogen (secondary N) is 3. The van der Waals surface area contributed by atoms with Crippen LogP contribution in [0.5, 0.6) is 0 Å². The van der Waals surface area contributed by atoms with Crippen LogP contribution >= 0.6 is 0 Å². The highest BCUT2D eigenvalue weighted by molar-refractivity contribution is 7.89. The normalized spacial score (nSPS) is 11.6. The molecule has 6 nitrogen and oxygen atoms in total. The second-order valence-electron chi connectivity index (χ2n) is 5.76. The lowest BCUT2D eigenvalue weighted by Gasteiger charge is -2.09. The molecule has 3 N–H and O–H groups in total. The summed E-state index contributed by atoms with van der Waals surface area (Å²) in [5.41, 5.74) is 0. The zero-order chi connectivity index (χ0) is 18.1. The van der Waals surface area contributed by atoms with Crippen LogP contribution in [0.1, 0.15) is 19.8 Å². The van der Waals surface area contributed by atoms with Crippen LogP contribution in [0.2, 0.25) is 0 Å². The number of sulfonamides is 1. The van der Waals surface area contributed by atoms with Crippen molar-refractivity contribution in [3.8, 4) is 0 Å². The van der Waals surface area contributed by atoms with Crippen LogP contribution in [0.15, 0.2) is 47.4 Å². The number of carbonyl (C=O) groups excluding carboxylic acids is 1. The van der Waals surface area contributed by atoms with Crippen molar-refractivity contribution in [1.29, 1.82) is 0 Å². The van der Waals surface area contributed by atoms with E-state index in [0.717, 1.165) is 23.7 Å². The van der Waals surface area contributed by atoms with E-state index < -0.39 is 10.0 Å². The second kappa shape index (κ2) is 9.50. The van der Waals surface area contributed by atoms with Crippen LogP contribution in [0, 0.1) is 0 Å². The largest absolute Gasteiger partial charge is 0.355 e. The molecule has 0 aliphatic rings. The molecule has 0 atom stereocenters. The quantitative estimate of drug-likeness (QED) is 0.560. The van der Waals surface area contributed by atoms with E-state index in [2.05, 4.69) is 22.3 Å². The molecule has 0 saturated heterocycles. The minimum atomic E-state index is -3.62. The third kappa shape index (κ3) is 6.12. The van der Waals surface area contributed by atoms with E-state index in [4.69, 9.17) is 0 Å². The van der Waals surface area contributed by atoms with E-state index >= 15 is 0 Å². The molecular weight excluding hydrogens is 338 g/mol. The lowest BCUT2D eigenvalue weighted by atomic mass is 10.1. The maximum absolute atomic E-state index is 12.3. The van der Waals surface area contributed by atoms with Crippen molar-refractivity contribution in [1.82, 2.24) is 15.4 Å². The van der Waals surface area contributed by atoms with E-state index in [1.807, 2.05) is 24.3 Å². The average Bonchev–Trinajstić information content (AvgIpc) is 2.61. The summed E-state index contributed by atoms with van der Waals surface area (Å²) in [4.78, 5) is 11.9. The molecule has 0 bridgehead atoms. The summed E-state index contributed by atoms with van der Waals surface area (Å²) in [6, 6.07) is 12.6. The van der Waals surface area contributed by atoms with Crippen LogP contribution < -0.4 is 15.4 Å². The fourth-order valence-corrected chi connectivity index (χ4v) is 3.46. The van der Waals surface area contributed by atoms with Crippen molar-refractivity contribution in [3.63, 3.8) is 0 Å². The first-order valence-electron chi connectivity index (χ1n) is 8.49. The van der Waals surface area contributed by atoms with Crippen molar-refractivity contribution in [2.45, 2.75) is 24.7 Å². The first-order chi connectivity index (χ1) is 12.0. The van der Waals surface area contributed by atoms with Gasteiger partial charge >= 0.3 is 0 Å². The van der Waals surface area contributed by atoms with Gasteiger partial charge in [0.05, 0.1) is 4.90 Å². The molecule has 7 heteroatoms. The Balaban J connectivity index is 1.81. The van der Waals surface area contributed by atoms with E-state index in [0.29, 0.717) is 13.1 Å². The van der Waals surface area contributed by atoms with E-state index in [-0.39, 0.29) is 23.8 Å². The van der Waals surface area contributed by atoms with Crippen LogP contribution in [-0.4, -0.2) is 40.5 Å². The number of rotatable bonds is 10. The standard InChI is InChI=1S/C18H25N3O3S/c1-2-10-19-12-13-20-18(22)9-11-21-25(23,24)17-8-7-15-5-3-4-6-16(15)14-17/h3-8,14,19,21H,2,9-13H2,1H3,(H,20,22). The number of hydrogen-bond acceptors (Lipinski definition) is 4. The summed E-state index contributed by atoms with van der Waals surface area (Å²) in [5.74, 6) is -0.167. The predicted octanol–water partition coefficient (Wildman–Crippen LogP) is 1.62. The van der Waals surface area contributed by atoms with Gasteiger partial charge in [-0.2, -0.15) is 0 Å². The summed E-state index contributed by atoms with van der Waals surface area (Å²) in [6.07, 6.45) is 1.16. The van der Waals surface area contributed by atoms with Crippen LogP contribution in [-0.2, 0) is 14.8 Å². The zero-order valence-electron chi connectivity index (χ0n) is 14.4. The highest BCUT2D eigenvalue weighted by atomic mass is 32.2. The van der Waals surface area contributed by atoms with Gasteiger partial charge in [-0.25, -0.2) is 13.1 Å². The van der Waals surface area contributed by atoms with Crippen molar-refractivity contribution in [2.75, 3.05) is 26.2 Å². The molecule has 136 valence electrons. The van der Waals surface area contributed by atoms with Gasteiger partial charge in [-0.05, 0) is 35.9 Å². The first-order valence-corrected chi connectivity index (χ1v) is 9.97. The molecule has 0 fully saturated rings. The molecule has 0 unspecified atom stereocenters. The Morgan fingerprint density at radius 1 is 0.960 bits per heavy atom. The summed E-state index contributed by atoms with van der Waals surface area (Å²) in [7, 11) is -3.62. The summed E-state index contributed by atoms with van der Waals surface area (Å²) in [6.45, 7) is 4.32. The molecule has 0 aliphatic heterocycles. The average molecular weight is 363 g/mol. The van der Waals surface area contributed by atoms with Gasteiger partial charge in [0.15, 0.2) is 0 Å². The molecule has 0 spiro atoms. The van der Waals surface area contributed by atoms with Crippen LogP contribution in [0.4, 0.5) is 0 Å². The van der Waals surface area contributed by atoms with Crippen molar-refractivity contribution in [3.05, 3.63) is 42.5 Å². The van der Waals surface area contributed by atoms with Crippen molar-refractivity contribution < 1.29 is 13.2 Å². The van der Waals surface area contributed by atoms with E-state index in [9.17, 15) is 13.2 Å². The highest BCUT2D eigenvalue weighted by Crippen LogP contribution is 2.18. The maximum Gasteiger partial charge on any atom is 0.240 e. The van der Waals surface area contributed by atoms with E-state index in [1.165, 1.54) is 0 Å². The number of carbonyl (C=O) groups is 1. The topological polar surface area (TPSA) is 87.3 Å². The Labute approximate surface area is 149 Å². The van der Waals surface area contributed by atoms with Crippen LogP contribution in [0.25, 0.3) is 10.8 Å². The Bertz CT molecular complexity index is 806. The molecule has 2 aromatic rings. The first kappa shape index (κ1) is 19.4. The fraction of sp³-hybridized carbons (Fsp3) is 0.389. The predicted molar refractivity (Wildman–Crippen MR) is 99.9 cm³/mol. The monoisotopic (exact) mass is 363 g/mol. The van der Waals surface area contributed by atoms with E-state index in [1.54, 1.807) is 18.2 Å². The summed E-state index contributed by atoms with van der Waals surface area (Å²) < 4.78 is 27.2. The Kier molecular flexibility index (Phi) is 7.36. The lowest BCUT2D eigenvalue weighted by Crippen LogP contribution is -2.34. The summed E-state index contributed by atoms with van der Waals surface area (Å²) >= 11 is 0. The van der Waals surface area contributed by atoms with Gasteiger partial charge in [-0.1, -0.05) is 37.3 Å². The minimum absolute atomic E-state index is 0.0728. The molecule has 1 amide bonds. The van der Waals surface area contributed by atoms with Gasteiger partial charge in [-0.3, -0.25) is 4.79 Å². The number of benzene rings is 2. The third-order valence-corrected chi connectivity index (χ3v) is 5.18. The van der Waals surface area contributed by atoms with Gasteiger partial charge < -0.3 is 10.6 Å². The fourth-order valence-electron chi connectivity index (χ4n) is 2.40. The molecule has 2 aromatic carbocycles. The Hall–Kier alpha value is -1.96. The van der Waals surface area contributed by atoms with Gasteiger partial charge in [0, 0.05) is 26.1 Å². The molecule has 0 aromatic heterocycles. The van der Waals surface area contributed by atoms with Gasteiger partial charge in [0.25, 0.3) is 0 Å². The van der Waals surface area contributed by atoms with Crippen LogP contribution in [0.3, 0.4) is 0 Å². The second-order valence-corrected chi connectivity index (χ2v) is 7.52. The van der Waals surface area contributed by atoms with Crippen molar-refractivity contribution in [2.24, 2.45) is 0 Å². The summed E-state index contributed by atoms with van der Waals surface area (Å²) in [5, 5.41) is 7.78. The Morgan fingerprint density at radius 3 is 2.48 bits per heavy atom. The van der Waals surface area contributed by atoms with Gasteiger partial charge in [-0.15, -0.1) is 0 Å². The third-order valence-electron chi connectivity index (χ3n) is 3.73. The van der Waals surface area contributed by atoms with Crippen molar-refractivity contribution >= 4 is 26.7 Å². The molecule has 0 heterocycles. The SMILES string of the molecule is CCCNCCNC(=O)CCNS(=O)(=O)c1ccc2ccccc2c1. The maximum atomic E-state index is 12.3. The van der Waals surface area contributed by atoms with Gasteiger partial charge in [0.2, 0.25) is 15.9 Å². The zero-order valence-corrected chi connectivity index (χ0v) is 15.2. The highest BCUT2D eigenvalue weighted by Gasteiger charge is 2.14.